The number of carboxylic acid groups (broad SMARTS) is 1. The average Bonchev–Trinajstić information content (AvgIpc) is 2.31. The lowest BCUT2D eigenvalue weighted by Gasteiger charge is -2.22. The fourth-order valence-corrected chi connectivity index (χ4v) is 1.34. The fraction of sp³-hybridized carbons (Fsp3) is 0.643. The van der Waals surface area contributed by atoms with Crippen molar-refractivity contribution < 1.29 is 24.2 Å². The van der Waals surface area contributed by atoms with E-state index in [4.69, 9.17) is 9.84 Å². The third-order valence-corrected chi connectivity index (χ3v) is 2.37. The zero-order chi connectivity index (χ0) is 16.6. The molecule has 0 spiro atoms. The number of hydrogen-bond acceptors (Lipinski definition) is 4. The van der Waals surface area contributed by atoms with Gasteiger partial charge in [0.25, 0.3) is 0 Å². The lowest BCUT2D eigenvalue weighted by Crippen LogP contribution is -2.48. The van der Waals surface area contributed by atoms with Crippen molar-refractivity contribution in [1.29, 1.82) is 0 Å². The van der Waals surface area contributed by atoms with Crippen LogP contribution in [0.25, 0.3) is 0 Å². The second-order valence-electron chi connectivity index (χ2n) is 5.59. The second-order valence-corrected chi connectivity index (χ2v) is 5.59. The summed E-state index contributed by atoms with van der Waals surface area (Å²) < 4.78 is 5.05. The van der Waals surface area contributed by atoms with Gasteiger partial charge >= 0.3 is 12.1 Å². The van der Waals surface area contributed by atoms with Gasteiger partial charge < -0.3 is 20.5 Å². The smallest absolute Gasteiger partial charge is 0.408 e. The summed E-state index contributed by atoms with van der Waals surface area (Å²) >= 11 is 0. The van der Waals surface area contributed by atoms with Gasteiger partial charge in [0.2, 0.25) is 5.91 Å². The van der Waals surface area contributed by atoms with Gasteiger partial charge in [-0.1, -0.05) is 13.0 Å². The molecule has 0 saturated heterocycles. The molecule has 7 nitrogen and oxygen atoms in total. The summed E-state index contributed by atoms with van der Waals surface area (Å²) in [5, 5.41) is 13.6. The van der Waals surface area contributed by atoms with E-state index in [0.29, 0.717) is 6.42 Å². The highest BCUT2D eigenvalue weighted by molar-refractivity contribution is 5.86. The number of hydrogen-bond donors (Lipinski definition) is 3. The number of alkyl carbamates (subject to hydrolysis) is 1. The van der Waals surface area contributed by atoms with E-state index in [2.05, 4.69) is 10.6 Å². The molecular weight excluding hydrogens is 276 g/mol. The molecule has 0 aliphatic rings. The van der Waals surface area contributed by atoms with Crippen molar-refractivity contribution in [2.75, 3.05) is 0 Å². The van der Waals surface area contributed by atoms with E-state index in [0.717, 1.165) is 6.08 Å². The largest absolute Gasteiger partial charge is 0.478 e. The van der Waals surface area contributed by atoms with Gasteiger partial charge in [-0.05, 0) is 34.1 Å². The number of amides is 2. The van der Waals surface area contributed by atoms with Crippen LogP contribution in [0.1, 0.15) is 41.0 Å². The van der Waals surface area contributed by atoms with Crippen LogP contribution in [0.2, 0.25) is 0 Å². The molecule has 0 aromatic rings. The van der Waals surface area contributed by atoms with E-state index in [1.165, 1.54) is 13.0 Å². The molecule has 3 N–H and O–H groups in total. The van der Waals surface area contributed by atoms with Crippen molar-refractivity contribution in [2.24, 2.45) is 0 Å². The summed E-state index contributed by atoms with van der Waals surface area (Å²) in [4.78, 5) is 33.9. The number of carbonyl (C=O) groups is 3. The van der Waals surface area contributed by atoms with Gasteiger partial charge in [0, 0.05) is 12.1 Å². The minimum absolute atomic E-state index is 0.406. The molecule has 0 aromatic heterocycles. The van der Waals surface area contributed by atoms with Crippen molar-refractivity contribution in [1.82, 2.24) is 10.6 Å². The SMILES string of the molecule is CC[C@@H](C=CC(=O)O)NC(=O)[C@H](C)NC(=O)OC(C)(C)C. The zero-order valence-electron chi connectivity index (χ0n) is 13.1. The number of nitrogens with one attached hydrogen (secondary N) is 2. The van der Waals surface area contributed by atoms with Crippen LogP contribution in [-0.4, -0.2) is 40.8 Å². The Morgan fingerprint density at radius 3 is 2.24 bits per heavy atom. The van der Waals surface area contributed by atoms with Gasteiger partial charge in [0.1, 0.15) is 11.6 Å². The fourth-order valence-electron chi connectivity index (χ4n) is 1.34. The average molecular weight is 300 g/mol. The van der Waals surface area contributed by atoms with E-state index in [-0.39, 0.29) is 0 Å². The first-order valence-corrected chi connectivity index (χ1v) is 6.76. The van der Waals surface area contributed by atoms with Crippen LogP contribution in [0.15, 0.2) is 12.2 Å². The summed E-state index contributed by atoms with van der Waals surface area (Å²) in [6, 6.07) is -1.19. The van der Waals surface area contributed by atoms with E-state index in [9.17, 15) is 14.4 Å². The molecule has 2 atom stereocenters. The van der Waals surface area contributed by atoms with E-state index in [1.807, 2.05) is 6.92 Å². The van der Waals surface area contributed by atoms with Crippen molar-refractivity contribution in [3.8, 4) is 0 Å². The maximum Gasteiger partial charge on any atom is 0.408 e. The quantitative estimate of drug-likeness (QED) is 0.644. The number of carbonyl (C=O) groups excluding carboxylic acids is 2. The maximum absolute atomic E-state index is 11.9. The third kappa shape index (κ3) is 9.48. The topological polar surface area (TPSA) is 105 Å². The zero-order valence-corrected chi connectivity index (χ0v) is 13.1. The standard InChI is InChI=1S/C14H24N2O5/c1-6-10(7-8-11(17)18)16-12(19)9(2)15-13(20)21-14(3,4)5/h7-10H,6H2,1-5H3,(H,15,20)(H,16,19)(H,17,18)/t9-,10-/m0/s1. The molecule has 0 aromatic carbocycles. The minimum Gasteiger partial charge on any atom is -0.478 e. The molecule has 2 amide bonds. The van der Waals surface area contributed by atoms with Crippen molar-refractivity contribution in [3.05, 3.63) is 12.2 Å². The summed E-state index contributed by atoms with van der Waals surface area (Å²) in [6.07, 6.45) is 2.22. The number of aliphatic carboxylic acids is 1. The number of rotatable bonds is 6. The first-order valence-electron chi connectivity index (χ1n) is 6.76. The van der Waals surface area contributed by atoms with Gasteiger partial charge in [0.05, 0.1) is 0 Å². The van der Waals surface area contributed by atoms with E-state index in [1.54, 1.807) is 20.8 Å². The molecule has 0 bridgehead atoms. The Labute approximate surface area is 124 Å². The van der Waals surface area contributed by atoms with Crippen molar-refractivity contribution in [2.45, 2.75) is 58.7 Å². The van der Waals surface area contributed by atoms with Crippen molar-refractivity contribution >= 4 is 18.0 Å². The molecule has 0 heterocycles. The maximum atomic E-state index is 11.9. The number of ether oxygens (including phenoxy) is 1. The summed E-state index contributed by atoms with van der Waals surface area (Å²) in [5.41, 5.74) is -0.642. The Morgan fingerprint density at radius 1 is 1.24 bits per heavy atom. The molecule has 0 aliphatic carbocycles. The normalized spacial score (nSPS) is 14.3. The monoisotopic (exact) mass is 300 g/mol. The Kier molecular flexibility index (Phi) is 7.48. The van der Waals surface area contributed by atoms with Gasteiger partial charge in [-0.25, -0.2) is 9.59 Å². The Morgan fingerprint density at radius 2 is 1.81 bits per heavy atom. The highest BCUT2D eigenvalue weighted by atomic mass is 16.6. The Bertz CT molecular complexity index is 412. The minimum atomic E-state index is -1.08. The molecule has 0 aliphatic heterocycles. The number of carboxylic acids is 1. The predicted octanol–water partition coefficient (Wildman–Crippen LogP) is 1.44. The molecule has 0 saturated carbocycles. The van der Waals surface area contributed by atoms with E-state index < -0.39 is 35.7 Å². The van der Waals surface area contributed by atoms with Crippen LogP contribution in [0, 0.1) is 0 Å². The first kappa shape index (κ1) is 18.9. The van der Waals surface area contributed by atoms with E-state index >= 15 is 0 Å². The van der Waals surface area contributed by atoms with Crippen molar-refractivity contribution in [3.63, 3.8) is 0 Å². The lowest BCUT2D eigenvalue weighted by atomic mass is 10.2. The van der Waals surface area contributed by atoms with Gasteiger partial charge in [-0.15, -0.1) is 0 Å². The van der Waals surface area contributed by atoms with Crippen LogP contribution >= 0.6 is 0 Å². The van der Waals surface area contributed by atoms with Crippen LogP contribution < -0.4 is 10.6 Å². The molecule has 0 unspecified atom stereocenters. The van der Waals surface area contributed by atoms with Gasteiger partial charge in [-0.2, -0.15) is 0 Å². The van der Waals surface area contributed by atoms with Crippen LogP contribution in [0.5, 0.6) is 0 Å². The molecule has 21 heavy (non-hydrogen) atoms. The van der Waals surface area contributed by atoms with Crippen LogP contribution in [-0.2, 0) is 14.3 Å². The Hall–Kier alpha value is -2.05. The second kappa shape index (κ2) is 8.28. The Balaban J connectivity index is 4.43. The van der Waals surface area contributed by atoms with Crippen LogP contribution in [0.3, 0.4) is 0 Å². The van der Waals surface area contributed by atoms with Crippen LogP contribution in [0.4, 0.5) is 4.79 Å². The summed E-state index contributed by atoms with van der Waals surface area (Å²) in [5.74, 6) is -1.50. The van der Waals surface area contributed by atoms with Gasteiger partial charge in [0.15, 0.2) is 0 Å². The lowest BCUT2D eigenvalue weighted by molar-refractivity contribution is -0.131. The molecule has 0 radical (unpaired) electrons. The molecule has 120 valence electrons. The summed E-state index contributed by atoms with van der Waals surface area (Å²) in [7, 11) is 0. The van der Waals surface area contributed by atoms with Gasteiger partial charge in [-0.3, -0.25) is 4.79 Å². The molecule has 0 fully saturated rings. The molecule has 0 rings (SSSR count). The highest BCUT2D eigenvalue weighted by Crippen LogP contribution is 2.06. The highest BCUT2D eigenvalue weighted by Gasteiger charge is 2.21. The summed E-state index contributed by atoms with van der Waals surface area (Å²) in [6.45, 7) is 8.50. The molecular formula is C14H24N2O5. The first-order chi connectivity index (χ1) is 9.55. The molecule has 7 heteroatoms. The predicted molar refractivity (Wildman–Crippen MR) is 77.8 cm³/mol. The third-order valence-electron chi connectivity index (χ3n) is 2.37.